The van der Waals surface area contributed by atoms with Crippen LogP contribution in [0.25, 0.3) is 0 Å². The number of carbonyl (C=O) groups excluding carboxylic acids is 2. The Kier molecular flexibility index (Phi) is 9.78. The topological polar surface area (TPSA) is 79.2 Å². The Labute approximate surface area is 112 Å². The summed E-state index contributed by atoms with van der Waals surface area (Å²) in [7, 11) is 0. The highest BCUT2D eigenvalue weighted by molar-refractivity contribution is 7.98. The van der Waals surface area contributed by atoms with E-state index >= 15 is 0 Å². The van der Waals surface area contributed by atoms with Gasteiger partial charge in [0.15, 0.2) is 6.61 Å². The van der Waals surface area contributed by atoms with Gasteiger partial charge in [-0.15, -0.1) is 6.58 Å². The lowest BCUT2D eigenvalue weighted by Crippen LogP contribution is -2.42. The van der Waals surface area contributed by atoms with E-state index in [0.29, 0.717) is 19.3 Å². The van der Waals surface area contributed by atoms with E-state index in [1.54, 1.807) is 23.9 Å². The van der Waals surface area contributed by atoms with Gasteiger partial charge >= 0.3 is 5.97 Å². The van der Waals surface area contributed by atoms with Crippen molar-refractivity contribution in [3.05, 3.63) is 12.7 Å². The van der Waals surface area contributed by atoms with Crippen LogP contribution in [-0.2, 0) is 14.3 Å². The van der Waals surface area contributed by atoms with Crippen LogP contribution in [0.1, 0.15) is 19.3 Å². The highest BCUT2D eigenvalue weighted by atomic mass is 32.2. The summed E-state index contributed by atoms with van der Waals surface area (Å²) < 4.78 is 4.71. The fourth-order valence-corrected chi connectivity index (χ4v) is 1.66. The van der Waals surface area contributed by atoms with E-state index in [0.717, 1.165) is 5.75 Å². The van der Waals surface area contributed by atoms with E-state index in [2.05, 4.69) is 11.9 Å². The summed E-state index contributed by atoms with van der Waals surface area (Å²) >= 11 is 1.58. The van der Waals surface area contributed by atoms with Gasteiger partial charge in [-0.3, -0.25) is 4.79 Å². The van der Waals surface area contributed by atoms with Gasteiger partial charge in [-0.2, -0.15) is 17.0 Å². The number of hydrogen-bond donors (Lipinski definition) is 1. The molecule has 0 aromatic carbocycles. The number of allylic oxidation sites excluding steroid dienone is 1. The Balaban J connectivity index is 4.29. The number of ether oxygens (including phenoxy) is 1. The van der Waals surface area contributed by atoms with Gasteiger partial charge in [-0.25, -0.2) is 4.79 Å². The molecule has 0 saturated heterocycles. The van der Waals surface area contributed by atoms with Gasteiger partial charge in [0.2, 0.25) is 5.91 Å². The van der Waals surface area contributed by atoms with E-state index in [1.807, 2.05) is 6.26 Å². The van der Waals surface area contributed by atoms with Crippen LogP contribution in [0.2, 0.25) is 0 Å². The first-order valence-electron chi connectivity index (χ1n) is 5.58. The smallest absolute Gasteiger partial charge is 0.329 e. The fraction of sp³-hybridized carbons (Fsp3) is 0.583. The van der Waals surface area contributed by atoms with Crippen LogP contribution in [0.3, 0.4) is 0 Å². The Morgan fingerprint density at radius 3 is 2.89 bits per heavy atom. The molecule has 0 aliphatic rings. The molecule has 0 aromatic rings. The molecule has 1 N–H and O–H groups in total. The highest BCUT2D eigenvalue weighted by Crippen LogP contribution is 2.04. The molecule has 0 rings (SSSR count). The van der Waals surface area contributed by atoms with Gasteiger partial charge in [0.1, 0.15) is 12.1 Å². The highest BCUT2D eigenvalue weighted by Gasteiger charge is 2.21. The van der Waals surface area contributed by atoms with Crippen molar-refractivity contribution in [1.82, 2.24) is 5.32 Å². The first-order valence-corrected chi connectivity index (χ1v) is 6.97. The molecule has 0 spiro atoms. The van der Waals surface area contributed by atoms with Crippen molar-refractivity contribution in [2.45, 2.75) is 25.3 Å². The zero-order valence-electron chi connectivity index (χ0n) is 10.5. The molecule has 1 amide bonds. The maximum atomic E-state index is 11.6. The second-order valence-electron chi connectivity index (χ2n) is 3.49. The third-order valence-electron chi connectivity index (χ3n) is 2.08. The molecular weight excluding hydrogens is 252 g/mol. The van der Waals surface area contributed by atoms with Crippen LogP contribution in [0.4, 0.5) is 0 Å². The lowest BCUT2D eigenvalue weighted by atomic mass is 10.2. The molecule has 6 heteroatoms. The van der Waals surface area contributed by atoms with Crippen LogP contribution >= 0.6 is 11.8 Å². The van der Waals surface area contributed by atoms with Crippen molar-refractivity contribution in [1.29, 1.82) is 5.26 Å². The molecular formula is C12H18N2O3S. The second-order valence-corrected chi connectivity index (χ2v) is 4.48. The van der Waals surface area contributed by atoms with E-state index in [9.17, 15) is 9.59 Å². The minimum atomic E-state index is -0.678. The Bertz CT molecular complexity index is 326. The van der Waals surface area contributed by atoms with Crippen molar-refractivity contribution >= 4 is 23.6 Å². The number of thioether (sulfide) groups is 1. The summed E-state index contributed by atoms with van der Waals surface area (Å²) in [6.45, 7) is 3.23. The largest absolute Gasteiger partial charge is 0.449 e. The minimum absolute atomic E-state index is 0.213. The van der Waals surface area contributed by atoms with Crippen LogP contribution in [0.5, 0.6) is 0 Å². The zero-order valence-corrected chi connectivity index (χ0v) is 11.3. The number of rotatable bonds is 9. The summed E-state index contributed by atoms with van der Waals surface area (Å²) in [5, 5.41) is 11.0. The molecule has 0 saturated carbocycles. The second kappa shape index (κ2) is 10.7. The standard InChI is InChI=1S/C12H18N2O3S/c1-3-4-5-11(15)14-10(6-9-18-2)12(16)17-8-7-13/h3,10H,1,4-6,8-9H2,2H3,(H,14,15). The summed E-state index contributed by atoms with van der Waals surface area (Å²) in [6, 6.07) is 1.05. The predicted octanol–water partition coefficient (Wildman–Crippen LogP) is 1.26. The third kappa shape index (κ3) is 7.74. The first kappa shape index (κ1) is 16.5. The number of nitrogens with zero attached hydrogens (tertiary/aromatic N) is 1. The normalized spacial score (nSPS) is 11.1. The SMILES string of the molecule is C=CCCC(=O)NC(CCSC)C(=O)OCC#N. The molecule has 0 aliphatic carbocycles. The van der Waals surface area contributed by atoms with Crippen molar-refractivity contribution in [2.75, 3.05) is 18.6 Å². The zero-order chi connectivity index (χ0) is 13.8. The Morgan fingerprint density at radius 1 is 1.61 bits per heavy atom. The molecule has 100 valence electrons. The van der Waals surface area contributed by atoms with Crippen LogP contribution < -0.4 is 5.32 Å². The molecule has 1 unspecified atom stereocenters. The van der Waals surface area contributed by atoms with Gasteiger partial charge in [-0.1, -0.05) is 6.08 Å². The van der Waals surface area contributed by atoms with Crippen LogP contribution in [0, 0.1) is 11.3 Å². The molecule has 5 nitrogen and oxygen atoms in total. The fourth-order valence-electron chi connectivity index (χ4n) is 1.19. The molecule has 0 aliphatic heterocycles. The number of esters is 1. The van der Waals surface area contributed by atoms with Gasteiger partial charge < -0.3 is 10.1 Å². The third-order valence-corrected chi connectivity index (χ3v) is 2.73. The van der Waals surface area contributed by atoms with Gasteiger partial charge in [0, 0.05) is 6.42 Å². The average molecular weight is 270 g/mol. The van der Waals surface area contributed by atoms with E-state index in [-0.39, 0.29) is 12.5 Å². The molecule has 0 heterocycles. The summed E-state index contributed by atoms with van der Waals surface area (Å²) in [4.78, 5) is 23.1. The van der Waals surface area contributed by atoms with Crippen LogP contribution in [0.15, 0.2) is 12.7 Å². The number of amides is 1. The van der Waals surface area contributed by atoms with Crippen molar-refractivity contribution in [3.63, 3.8) is 0 Å². The first-order chi connectivity index (χ1) is 8.65. The lowest BCUT2D eigenvalue weighted by molar-refractivity contribution is -0.146. The number of carbonyl (C=O) groups is 2. The summed E-state index contributed by atoms with van der Waals surface area (Å²) in [5.41, 5.74) is 0. The number of nitriles is 1. The van der Waals surface area contributed by atoms with Crippen molar-refractivity contribution in [2.24, 2.45) is 0 Å². The van der Waals surface area contributed by atoms with Crippen molar-refractivity contribution in [3.8, 4) is 6.07 Å². The molecule has 0 bridgehead atoms. The molecule has 0 radical (unpaired) electrons. The number of nitrogens with one attached hydrogen (secondary N) is 1. The Hall–Kier alpha value is -1.48. The molecule has 18 heavy (non-hydrogen) atoms. The quantitative estimate of drug-likeness (QED) is 0.504. The lowest BCUT2D eigenvalue weighted by Gasteiger charge is -2.16. The molecule has 0 aromatic heterocycles. The van der Waals surface area contributed by atoms with Gasteiger partial charge in [0.25, 0.3) is 0 Å². The van der Waals surface area contributed by atoms with Crippen LogP contribution in [-0.4, -0.2) is 36.5 Å². The van der Waals surface area contributed by atoms with Gasteiger partial charge in [0.05, 0.1) is 0 Å². The summed E-state index contributed by atoms with van der Waals surface area (Å²) in [5.74, 6) is -0.0407. The minimum Gasteiger partial charge on any atom is -0.449 e. The molecule has 0 fully saturated rings. The monoisotopic (exact) mass is 270 g/mol. The molecule has 1 atom stereocenters. The average Bonchev–Trinajstić information content (AvgIpc) is 2.38. The maximum Gasteiger partial charge on any atom is 0.329 e. The summed E-state index contributed by atoms with van der Waals surface area (Å²) in [6.07, 6.45) is 4.91. The number of hydrogen-bond acceptors (Lipinski definition) is 5. The van der Waals surface area contributed by atoms with Crippen molar-refractivity contribution < 1.29 is 14.3 Å². The Morgan fingerprint density at radius 2 is 2.33 bits per heavy atom. The van der Waals surface area contributed by atoms with E-state index < -0.39 is 12.0 Å². The van der Waals surface area contributed by atoms with E-state index in [1.165, 1.54) is 0 Å². The maximum absolute atomic E-state index is 11.6. The van der Waals surface area contributed by atoms with E-state index in [4.69, 9.17) is 10.00 Å². The predicted molar refractivity (Wildman–Crippen MR) is 70.9 cm³/mol. The van der Waals surface area contributed by atoms with Gasteiger partial charge in [-0.05, 0) is 24.9 Å².